The van der Waals surface area contributed by atoms with Crippen molar-refractivity contribution in [2.24, 2.45) is 5.41 Å². The lowest BCUT2D eigenvalue weighted by atomic mass is 9.94. The Morgan fingerprint density at radius 2 is 1.94 bits per heavy atom. The summed E-state index contributed by atoms with van der Waals surface area (Å²) in [5.41, 5.74) is 0.611. The molecule has 0 bridgehead atoms. The van der Waals surface area contributed by atoms with Crippen LogP contribution in [0.25, 0.3) is 0 Å². The van der Waals surface area contributed by atoms with E-state index in [1.807, 2.05) is 26.8 Å². The van der Waals surface area contributed by atoms with Crippen LogP contribution in [0.2, 0.25) is 0 Å². The zero-order valence-corrected chi connectivity index (χ0v) is 12.7. The molecule has 0 heterocycles. The monoisotopic (exact) mass is 319 g/mol. The van der Waals surface area contributed by atoms with E-state index in [1.165, 1.54) is 0 Å². The molecule has 17 heavy (non-hydrogen) atoms. The predicted molar refractivity (Wildman–Crippen MR) is 75.6 cm³/mol. The van der Waals surface area contributed by atoms with Crippen LogP contribution in [0.4, 0.5) is 5.69 Å². The van der Waals surface area contributed by atoms with Gasteiger partial charge in [0.15, 0.2) is 0 Å². The molecule has 96 valence electrons. The molecular weight excluding hydrogens is 302 g/mol. The molecular formula is C12H18BrNO2S. The summed E-state index contributed by atoms with van der Waals surface area (Å²) in [5.74, 6) is 0.142. The van der Waals surface area contributed by atoms with Crippen molar-refractivity contribution < 1.29 is 8.42 Å². The number of hydrogen-bond acceptors (Lipinski definition) is 2. The van der Waals surface area contributed by atoms with Crippen molar-refractivity contribution in [1.82, 2.24) is 0 Å². The number of rotatable bonds is 4. The van der Waals surface area contributed by atoms with Gasteiger partial charge in [0.25, 0.3) is 0 Å². The van der Waals surface area contributed by atoms with Crippen LogP contribution in [0.1, 0.15) is 27.2 Å². The van der Waals surface area contributed by atoms with Crippen molar-refractivity contribution >= 4 is 31.6 Å². The summed E-state index contributed by atoms with van der Waals surface area (Å²) < 4.78 is 27.1. The average Bonchev–Trinajstić information content (AvgIpc) is 2.13. The molecule has 0 unspecified atom stereocenters. The van der Waals surface area contributed by atoms with Crippen LogP contribution in [0.15, 0.2) is 28.7 Å². The average molecular weight is 320 g/mol. The SMILES string of the molecule is CC(C)(C)CCS(=O)(=O)Nc1cccc(Br)c1. The Labute approximate surface area is 112 Å². The second-order valence-electron chi connectivity index (χ2n) is 5.24. The van der Waals surface area contributed by atoms with E-state index in [0.717, 1.165) is 4.47 Å². The minimum Gasteiger partial charge on any atom is -0.284 e. The summed E-state index contributed by atoms with van der Waals surface area (Å²) >= 11 is 3.31. The van der Waals surface area contributed by atoms with Gasteiger partial charge in [-0.15, -0.1) is 0 Å². The van der Waals surface area contributed by atoms with Crippen LogP contribution in [0.5, 0.6) is 0 Å². The Morgan fingerprint density at radius 1 is 1.29 bits per heavy atom. The van der Waals surface area contributed by atoms with Crippen LogP contribution < -0.4 is 4.72 Å². The zero-order valence-electron chi connectivity index (χ0n) is 10.3. The van der Waals surface area contributed by atoms with Gasteiger partial charge in [0.05, 0.1) is 5.75 Å². The highest BCUT2D eigenvalue weighted by molar-refractivity contribution is 9.10. The van der Waals surface area contributed by atoms with E-state index >= 15 is 0 Å². The number of nitrogens with one attached hydrogen (secondary N) is 1. The molecule has 1 aromatic carbocycles. The Hall–Kier alpha value is -0.550. The van der Waals surface area contributed by atoms with Crippen molar-refractivity contribution in [3.63, 3.8) is 0 Å². The topological polar surface area (TPSA) is 46.2 Å². The molecule has 0 aliphatic heterocycles. The predicted octanol–water partition coefficient (Wildman–Crippen LogP) is 3.63. The van der Waals surface area contributed by atoms with Gasteiger partial charge in [-0.1, -0.05) is 42.8 Å². The third-order valence-electron chi connectivity index (χ3n) is 2.22. The molecule has 3 nitrogen and oxygen atoms in total. The Balaban J connectivity index is 2.67. The Morgan fingerprint density at radius 3 is 2.47 bits per heavy atom. The molecule has 0 amide bonds. The highest BCUT2D eigenvalue weighted by Crippen LogP contribution is 2.21. The highest BCUT2D eigenvalue weighted by atomic mass is 79.9. The maximum Gasteiger partial charge on any atom is 0.232 e. The molecule has 1 rings (SSSR count). The molecule has 0 saturated carbocycles. The van der Waals surface area contributed by atoms with Crippen LogP contribution >= 0.6 is 15.9 Å². The van der Waals surface area contributed by atoms with Crippen LogP contribution in [-0.4, -0.2) is 14.2 Å². The third-order valence-corrected chi connectivity index (χ3v) is 4.00. The first-order valence-corrected chi connectivity index (χ1v) is 7.89. The van der Waals surface area contributed by atoms with Crippen LogP contribution in [-0.2, 0) is 10.0 Å². The van der Waals surface area contributed by atoms with E-state index in [2.05, 4.69) is 20.7 Å². The second-order valence-corrected chi connectivity index (χ2v) is 8.00. The molecule has 5 heteroatoms. The number of hydrogen-bond donors (Lipinski definition) is 1. The first-order valence-electron chi connectivity index (χ1n) is 5.44. The molecule has 0 atom stereocenters. The van der Waals surface area contributed by atoms with Crippen LogP contribution in [0, 0.1) is 5.41 Å². The summed E-state index contributed by atoms with van der Waals surface area (Å²) in [6.45, 7) is 6.09. The van der Waals surface area contributed by atoms with Gasteiger partial charge in [-0.25, -0.2) is 8.42 Å². The van der Waals surface area contributed by atoms with Gasteiger partial charge in [0.2, 0.25) is 10.0 Å². The first kappa shape index (κ1) is 14.5. The summed E-state index contributed by atoms with van der Waals surface area (Å²) in [7, 11) is -3.26. The van der Waals surface area contributed by atoms with Gasteiger partial charge >= 0.3 is 0 Å². The van der Waals surface area contributed by atoms with Crippen molar-refractivity contribution in [2.75, 3.05) is 10.5 Å². The number of sulfonamides is 1. The fourth-order valence-electron chi connectivity index (χ4n) is 1.22. The van der Waals surface area contributed by atoms with Gasteiger partial charge in [-0.3, -0.25) is 4.72 Å². The summed E-state index contributed by atoms with van der Waals surface area (Å²) in [6, 6.07) is 7.13. The van der Waals surface area contributed by atoms with Crippen molar-refractivity contribution in [1.29, 1.82) is 0 Å². The van der Waals surface area contributed by atoms with Gasteiger partial charge in [0.1, 0.15) is 0 Å². The van der Waals surface area contributed by atoms with Crippen molar-refractivity contribution in [2.45, 2.75) is 27.2 Å². The van der Waals surface area contributed by atoms with E-state index in [-0.39, 0.29) is 11.2 Å². The fourth-order valence-corrected chi connectivity index (χ4v) is 3.09. The number of halogens is 1. The highest BCUT2D eigenvalue weighted by Gasteiger charge is 2.17. The third kappa shape index (κ3) is 6.07. The van der Waals surface area contributed by atoms with Crippen molar-refractivity contribution in [3.05, 3.63) is 28.7 Å². The van der Waals surface area contributed by atoms with Crippen molar-refractivity contribution in [3.8, 4) is 0 Å². The van der Waals surface area contributed by atoms with Gasteiger partial charge in [0, 0.05) is 10.2 Å². The quantitative estimate of drug-likeness (QED) is 0.921. The number of benzene rings is 1. The second kappa shape index (κ2) is 5.40. The molecule has 0 aliphatic rings. The van der Waals surface area contributed by atoms with E-state index in [0.29, 0.717) is 12.1 Å². The van der Waals surface area contributed by atoms with E-state index in [4.69, 9.17) is 0 Å². The molecule has 0 radical (unpaired) electrons. The van der Waals surface area contributed by atoms with E-state index in [1.54, 1.807) is 18.2 Å². The normalized spacial score (nSPS) is 12.5. The standard InChI is InChI=1S/C12H18BrNO2S/c1-12(2,3)7-8-17(15,16)14-11-6-4-5-10(13)9-11/h4-6,9,14H,7-8H2,1-3H3. The maximum atomic E-state index is 11.8. The molecule has 0 fully saturated rings. The minimum atomic E-state index is -3.26. The van der Waals surface area contributed by atoms with Gasteiger partial charge in [-0.2, -0.15) is 0 Å². The van der Waals surface area contributed by atoms with Gasteiger partial charge < -0.3 is 0 Å². The lowest BCUT2D eigenvalue weighted by molar-refractivity contribution is 0.397. The Bertz CT molecular complexity index is 478. The summed E-state index contributed by atoms with van der Waals surface area (Å²) in [4.78, 5) is 0. The number of anilines is 1. The smallest absolute Gasteiger partial charge is 0.232 e. The van der Waals surface area contributed by atoms with Gasteiger partial charge in [-0.05, 0) is 30.0 Å². The lowest BCUT2D eigenvalue weighted by Gasteiger charge is -2.18. The fraction of sp³-hybridized carbons (Fsp3) is 0.500. The summed E-state index contributed by atoms with van der Waals surface area (Å²) in [5, 5.41) is 0. The molecule has 0 saturated heterocycles. The van der Waals surface area contributed by atoms with Crippen LogP contribution in [0.3, 0.4) is 0 Å². The Kier molecular flexibility index (Phi) is 4.61. The lowest BCUT2D eigenvalue weighted by Crippen LogP contribution is -2.20. The first-order chi connectivity index (χ1) is 7.68. The molecule has 1 N–H and O–H groups in total. The van der Waals surface area contributed by atoms with E-state index < -0.39 is 10.0 Å². The molecule has 1 aromatic rings. The molecule has 0 spiro atoms. The zero-order chi connectivity index (χ0) is 13.1. The molecule has 0 aromatic heterocycles. The largest absolute Gasteiger partial charge is 0.284 e. The minimum absolute atomic E-state index is 0.0199. The maximum absolute atomic E-state index is 11.8. The van der Waals surface area contributed by atoms with E-state index in [9.17, 15) is 8.42 Å². The summed E-state index contributed by atoms with van der Waals surface area (Å²) in [6.07, 6.45) is 0.635. The molecule has 0 aliphatic carbocycles.